The molecule has 0 aliphatic heterocycles. The molecule has 0 fully saturated rings. The Hall–Kier alpha value is -4.13. The number of aromatic nitrogens is 1. The molecule has 0 spiro atoms. The number of methoxy groups -OCH3 is 1. The molecule has 0 aliphatic rings. The lowest BCUT2D eigenvalue weighted by molar-refractivity contribution is -0.140. The van der Waals surface area contributed by atoms with Gasteiger partial charge in [0.05, 0.1) is 7.11 Å². The zero-order valence-electron chi connectivity index (χ0n) is 17.3. The van der Waals surface area contributed by atoms with Crippen LogP contribution in [0.1, 0.15) is 12.7 Å². The fourth-order valence-corrected chi connectivity index (χ4v) is 2.54. The zero-order valence-corrected chi connectivity index (χ0v) is 17.3. The number of rotatable bonds is 9. The van der Waals surface area contributed by atoms with E-state index in [1.807, 2.05) is 42.5 Å². The first-order valence-corrected chi connectivity index (χ1v) is 9.44. The van der Waals surface area contributed by atoms with Gasteiger partial charge in [-0.3, -0.25) is 0 Å². The minimum atomic E-state index is -0.501. The highest BCUT2D eigenvalue weighted by molar-refractivity contribution is 5.88. The number of carbonyl (C=O) groups is 1. The molecule has 0 amide bonds. The van der Waals surface area contributed by atoms with Gasteiger partial charge in [-0.2, -0.15) is 0 Å². The number of hydrogen-bond acceptors (Lipinski definition) is 7. The molecule has 3 rings (SSSR count). The van der Waals surface area contributed by atoms with Gasteiger partial charge in [0, 0.05) is 23.3 Å². The van der Waals surface area contributed by atoms with Crippen LogP contribution in [0.2, 0.25) is 0 Å². The third-order valence-electron chi connectivity index (χ3n) is 4.19. The predicted octanol–water partition coefficient (Wildman–Crippen LogP) is 4.96. The molecule has 7 heteroatoms. The summed E-state index contributed by atoms with van der Waals surface area (Å²) < 4.78 is 21.3. The van der Waals surface area contributed by atoms with Crippen LogP contribution < -0.4 is 9.47 Å². The number of ether oxygens (including phenoxy) is 3. The number of allylic oxidation sites excluding steroid dienone is 2. The fourth-order valence-electron chi connectivity index (χ4n) is 2.54. The van der Waals surface area contributed by atoms with Gasteiger partial charge in [-0.1, -0.05) is 35.5 Å². The Bertz CT molecular complexity index is 1100. The lowest BCUT2D eigenvalue weighted by atomic mass is 10.1. The number of benzene rings is 2. The topological polar surface area (TPSA) is 83.2 Å². The molecule has 7 nitrogen and oxygen atoms in total. The molecule has 31 heavy (non-hydrogen) atoms. The van der Waals surface area contributed by atoms with Gasteiger partial charge in [0.1, 0.15) is 17.2 Å². The Balaban J connectivity index is 1.58. The molecule has 0 saturated carbocycles. The molecule has 0 aliphatic carbocycles. The number of para-hydroxylation sites is 1. The van der Waals surface area contributed by atoms with E-state index < -0.39 is 5.97 Å². The van der Waals surface area contributed by atoms with Gasteiger partial charge in [0.25, 0.3) is 0 Å². The number of aliphatic imine (C=N–C) groups is 1. The fraction of sp³-hybridized carbons (Fsp3) is 0.125. The van der Waals surface area contributed by atoms with Crippen LogP contribution in [0, 0.1) is 0 Å². The van der Waals surface area contributed by atoms with Crippen LogP contribution in [0.25, 0.3) is 11.3 Å². The Kier molecular flexibility index (Phi) is 7.37. The van der Waals surface area contributed by atoms with Crippen LogP contribution in [0.3, 0.4) is 0 Å². The van der Waals surface area contributed by atoms with E-state index in [1.54, 1.807) is 44.4 Å². The monoisotopic (exact) mass is 418 g/mol. The number of hydrogen-bond donors (Lipinski definition) is 0. The second-order valence-corrected chi connectivity index (χ2v) is 6.41. The summed E-state index contributed by atoms with van der Waals surface area (Å²) in [5, 5.41) is 4.01. The molecule has 3 aromatic rings. The minimum Gasteiger partial charge on any atom is -0.497 e. The number of carbonyl (C=O) groups excluding carboxylic acids is 1. The van der Waals surface area contributed by atoms with Gasteiger partial charge in [-0.15, -0.1) is 0 Å². The maximum absolute atomic E-state index is 12.3. The highest BCUT2D eigenvalue weighted by Crippen LogP contribution is 2.23. The van der Waals surface area contributed by atoms with E-state index in [0.29, 0.717) is 28.5 Å². The first kappa shape index (κ1) is 21.6. The second-order valence-electron chi connectivity index (χ2n) is 6.41. The predicted molar refractivity (Wildman–Crippen MR) is 117 cm³/mol. The average Bonchev–Trinajstić information content (AvgIpc) is 3.29. The zero-order chi connectivity index (χ0) is 22.1. The summed E-state index contributed by atoms with van der Waals surface area (Å²) >= 11 is 0. The van der Waals surface area contributed by atoms with Gasteiger partial charge >= 0.3 is 5.97 Å². The van der Waals surface area contributed by atoms with Crippen LogP contribution in [0.4, 0.5) is 0 Å². The van der Waals surface area contributed by atoms with Crippen molar-refractivity contribution in [3.8, 4) is 22.8 Å². The number of esters is 1. The quantitative estimate of drug-likeness (QED) is 0.161. The standard InChI is InChI=1S/C24H22N2O5/c1-17(12-13-23(25-2)30-19-9-5-4-6-10-19)24(27)29-16-21-15-22(26-31-21)18-8-7-11-20(14-18)28-3/h4-15H,2,16H2,1,3H3/b17-12+,23-13+. The maximum Gasteiger partial charge on any atom is 0.334 e. The van der Waals surface area contributed by atoms with E-state index in [-0.39, 0.29) is 12.5 Å². The highest BCUT2D eigenvalue weighted by atomic mass is 16.5. The van der Waals surface area contributed by atoms with Crippen LogP contribution in [-0.4, -0.2) is 25.0 Å². The highest BCUT2D eigenvalue weighted by Gasteiger charge is 2.11. The molecular weight excluding hydrogens is 396 g/mol. The Morgan fingerprint density at radius 2 is 1.87 bits per heavy atom. The minimum absolute atomic E-state index is 0.0439. The largest absolute Gasteiger partial charge is 0.497 e. The lowest BCUT2D eigenvalue weighted by Crippen LogP contribution is -2.05. The summed E-state index contributed by atoms with van der Waals surface area (Å²) in [5.41, 5.74) is 1.83. The van der Waals surface area contributed by atoms with E-state index in [9.17, 15) is 4.79 Å². The molecule has 0 atom stereocenters. The Labute approximate surface area is 180 Å². The molecule has 0 radical (unpaired) electrons. The molecule has 0 bridgehead atoms. The normalized spacial score (nSPS) is 11.7. The van der Waals surface area contributed by atoms with Gasteiger partial charge in [0.15, 0.2) is 12.4 Å². The second kappa shape index (κ2) is 10.6. The molecule has 0 saturated heterocycles. The summed E-state index contributed by atoms with van der Waals surface area (Å²) in [7, 11) is 1.60. The van der Waals surface area contributed by atoms with E-state index >= 15 is 0 Å². The van der Waals surface area contributed by atoms with Crippen molar-refractivity contribution < 1.29 is 23.5 Å². The van der Waals surface area contributed by atoms with Crippen LogP contribution >= 0.6 is 0 Å². The van der Waals surface area contributed by atoms with E-state index in [4.69, 9.17) is 18.7 Å². The van der Waals surface area contributed by atoms with Crippen molar-refractivity contribution in [1.82, 2.24) is 5.16 Å². The smallest absolute Gasteiger partial charge is 0.334 e. The summed E-state index contributed by atoms with van der Waals surface area (Å²) in [6.45, 7) is 5.06. The first-order chi connectivity index (χ1) is 15.1. The van der Waals surface area contributed by atoms with Gasteiger partial charge < -0.3 is 18.7 Å². The van der Waals surface area contributed by atoms with Crippen molar-refractivity contribution in [3.05, 3.63) is 90.0 Å². The molecule has 2 aromatic carbocycles. The van der Waals surface area contributed by atoms with E-state index in [1.165, 1.54) is 0 Å². The summed E-state index contributed by atoms with van der Waals surface area (Å²) in [6, 6.07) is 18.3. The maximum atomic E-state index is 12.3. The SMILES string of the molecule is C=N/C(=C\C=C(/C)C(=O)OCc1cc(-c2cccc(OC)c2)no1)Oc1ccccc1. The van der Waals surface area contributed by atoms with Crippen molar-refractivity contribution in [2.45, 2.75) is 13.5 Å². The molecule has 1 aromatic heterocycles. The summed E-state index contributed by atoms with van der Waals surface area (Å²) in [5.74, 6) is 1.52. The Morgan fingerprint density at radius 1 is 1.10 bits per heavy atom. The number of nitrogens with zero attached hydrogens (tertiary/aromatic N) is 2. The lowest BCUT2D eigenvalue weighted by Gasteiger charge is -2.04. The van der Waals surface area contributed by atoms with Crippen molar-refractivity contribution in [3.63, 3.8) is 0 Å². The first-order valence-electron chi connectivity index (χ1n) is 9.44. The van der Waals surface area contributed by atoms with Crippen LogP contribution in [-0.2, 0) is 16.1 Å². The molecular formula is C24H22N2O5. The summed E-state index contributed by atoms with van der Waals surface area (Å²) in [6.07, 6.45) is 3.10. The van der Waals surface area contributed by atoms with Crippen molar-refractivity contribution >= 4 is 12.7 Å². The molecule has 0 N–H and O–H groups in total. The van der Waals surface area contributed by atoms with Crippen LogP contribution in [0.5, 0.6) is 11.5 Å². The molecule has 1 heterocycles. The third kappa shape index (κ3) is 6.17. The molecule has 0 unspecified atom stereocenters. The van der Waals surface area contributed by atoms with Crippen molar-refractivity contribution in [2.24, 2.45) is 4.99 Å². The van der Waals surface area contributed by atoms with Crippen LogP contribution in [0.15, 0.2) is 93.8 Å². The van der Waals surface area contributed by atoms with E-state index in [0.717, 1.165) is 5.56 Å². The van der Waals surface area contributed by atoms with Gasteiger partial charge in [-0.25, -0.2) is 9.79 Å². The van der Waals surface area contributed by atoms with E-state index in [2.05, 4.69) is 16.9 Å². The van der Waals surface area contributed by atoms with Gasteiger partial charge in [-0.05, 0) is 44.0 Å². The van der Waals surface area contributed by atoms with Gasteiger partial charge in [0.2, 0.25) is 5.88 Å². The Morgan fingerprint density at radius 3 is 2.61 bits per heavy atom. The van der Waals surface area contributed by atoms with Crippen molar-refractivity contribution in [2.75, 3.05) is 7.11 Å². The average molecular weight is 418 g/mol. The molecule has 158 valence electrons. The summed E-state index contributed by atoms with van der Waals surface area (Å²) in [4.78, 5) is 16.1. The third-order valence-corrected chi connectivity index (χ3v) is 4.19. The van der Waals surface area contributed by atoms with Crippen molar-refractivity contribution in [1.29, 1.82) is 0 Å².